The van der Waals surface area contributed by atoms with Gasteiger partial charge in [-0.25, -0.2) is 4.79 Å². The first-order valence-electron chi connectivity index (χ1n) is 7.64. The summed E-state index contributed by atoms with van der Waals surface area (Å²) in [5, 5.41) is 3.07. The van der Waals surface area contributed by atoms with E-state index in [4.69, 9.17) is 0 Å². The maximum atomic E-state index is 12.3. The number of urea groups is 1. The lowest BCUT2D eigenvalue weighted by Crippen LogP contribution is -2.53. The van der Waals surface area contributed by atoms with E-state index in [1.54, 1.807) is 0 Å². The van der Waals surface area contributed by atoms with Gasteiger partial charge in [0, 0.05) is 37.8 Å². The number of rotatable bonds is 2. The highest BCUT2D eigenvalue weighted by Gasteiger charge is 2.27. The zero-order valence-electron chi connectivity index (χ0n) is 12.1. The Morgan fingerprint density at radius 2 is 1.62 bits per heavy atom. The van der Waals surface area contributed by atoms with Crippen molar-refractivity contribution in [2.75, 3.05) is 26.2 Å². The highest BCUT2D eigenvalue weighted by atomic mass is 16.2. The van der Waals surface area contributed by atoms with Crippen LogP contribution >= 0.6 is 0 Å². The van der Waals surface area contributed by atoms with Gasteiger partial charge in [-0.15, -0.1) is 0 Å². The van der Waals surface area contributed by atoms with Gasteiger partial charge >= 0.3 is 6.03 Å². The number of nitrogens with zero attached hydrogens (tertiary/aromatic N) is 2. The van der Waals surface area contributed by atoms with Crippen LogP contribution in [0.15, 0.2) is 30.3 Å². The molecule has 0 aliphatic carbocycles. The van der Waals surface area contributed by atoms with Crippen LogP contribution in [0.1, 0.15) is 29.6 Å². The minimum atomic E-state index is 0.0501. The van der Waals surface area contributed by atoms with Crippen LogP contribution in [0.4, 0.5) is 4.79 Å². The molecule has 3 rings (SSSR count). The Morgan fingerprint density at radius 3 is 2.19 bits per heavy atom. The molecule has 2 heterocycles. The fraction of sp³-hybridized carbons (Fsp3) is 0.500. The lowest BCUT2D eigenvalue weighted by atomic mass is 10.0. The second-order valence-electron chi connectivity index (χ2n) is 5.72. The van der Waals surface area contributed by atoms with Gasteiger partial charge in [-0.05, 0) is 31.4 Å². The van der Waals surface area contributed by atoms with E-state index in [0.717, 1.165) is 37.9 Å². The number of hydrogen-bond donors (Lipinski definition) is 1. The third-order valence-electron chi connectivity index (χ3n) is 4.27. The average Bonchev–Trinajstić information content (AvgIpc) is 2.46. The second-order valence-corrected chi connectivity index (χ2v) is 5.72. The van der Waals surface area contributed by atoms with Gasteiger partial charge in [0.25, 0.3) is 5.91 Å². The fourth-order valence-electron chi connectivity index (χ4n) is 2.78. The van der Waals surface area contributed by atoms with Crippen molar-refractivity contribution in [2.24, 2.45) is 0 Å². The molecule has 0 bridgehead atoms. The molecule has 3 amide bonds. The molecule has 0 atom stereocenters. The number of likely N-dealkylation sites (tertiary alicyclic amines) is 2. The Kier molecular flexibility index (Phi) is 4.08. The Hall–Kier alpha value is -2.04. The smallest absolute Gasteiger partial charge is 0.317 e. The molecular weight excluding hydrogens is 266 g/mol. The van der Waals surface area contributed by atoms with Crippen LogP contribution in [0, 0.1) is 0 Å². The molecule has 0 unspecified atom stereocenters. The Balaban J connectivity index is 1.48. The standard InChI is InChI=1S/C16H21N3O2/c20-15(13-5-2-1-3-6-13)18-11-7-14(8-12-18)17-16(21)19-9-4-10-19/h1-3,5-6,14H,4,7-12H2,(H,17,21). The minimum Gasteiger partial charge on any atom is -0.338 e. The van der Waals surface area contributed by atoms with Crippen molar-refractivity contribution >= 4 is 11.9 Å². The van der Waals surface area contributed by atoms with Crippen LogP contribution < -0.4 is 5.32 Å². The number of carbonyl (C=O) groups excluding carboxylic acids is 2. The van der Waals surface area contributed by atoms with Gasteiger partial charge in [0.05, 0.1) is 0 Å². The van der Waals surface area contributed by atoms with Gasteiger partial charge in [-0.2, -0.15) is 0 Å². The largest absolute Gasteiger partial charge is 0.338 e. The molecule has 2 aliphatic rings. The summed E-state index contributed by atoms with van der Waals surface area (Å²) < 4.78 is 0. The zero-order valence-corrected chi connectivity index (χ0v) is 12.1. The Bertz CT molecular complexity index is 506. The third kappa shape index (κ3) is 3.17. The van der Waals surface area contributed by atoms with Crippen molar-refractivity contribution < 1.29 is 9.59 Å². The summed E-state index contributed by atoms with van der Waals surface area (Å²) in [5.41, 5.74) is 0.737. The number of nitrogens with one attached hydrogen (secondary N) is 1. The SMILES string of the molecule is O=C(NC1CCN(C(=O)c2ccccc2)CC1)N1CCC1. The summed E-state index contributed by atoms with van der Waals surface area (Å²) in [7, 11) is 0. The summed E-state index contributed by atoms with van der Waals surface area (Å²) >= 11 is 0. The Morgan fingerprint density at radius 1 is 0.952 bits per heavy atom. The van der Waals surface area contributed by atoms with Crippen molar-refractivity contribution in [2.45, 2.75) is 25.3 Å². The molecule has 1 aromatic carbocycles. The summed E-state index contributed by atoms with van der Waals surface area (Å²) in [6, 6.07) is 9.61. The van der Waals surface area contributed by atoms with E-state index in [2.05, 4.69) is 5.32 Å². The van der Waals surface area contributed by atoms with Crippen LogP contribution in [0.2, 0.25) is 0 Å². The molecule has 0 spiro atoms. The van der Waals surface area contributed by atoms with Crippen LogP contribution in [0.5, 0.6) is 0 Å². The molecule has 2 aliphatic heterocycles. The van der Waals surface area contributed by atoms with Crippen LogP contribution in [0.25, 0.3) is 0 Å². The summed E-state index contributed by atoms with van der Waals surface area (Å²) in [4.78, 5) is 27.9. The number of amides is 3. The number of benzene rings is 1. The maximum Gasteiger partial charge on any atom is 0.317 e. The van der Waals surface area contributed by atoms with Crippen LogP contribution in [-0.2, 0) is 0 Å². The molecule has 1 aromatic rings. The molecular formula is C16H21N3O2. The monoisotopic (exact) mass is 287 g/mol. The highest BCUT2D eigenvalue weighted by molar-refractivity contribution is 5.94. The first-order chi connectivity index (χ1) is 10.2. The van der Waals surface area contributed by atoms with Gasteiger partial charge in [0.2, 0.25) is 0 Å². The first-order valence-corrected chi connectivity index (χ1v) is 7.64. The molecule has 5 heteroatoms. The normalized spacial score (nSPS) is 19.0. The highest BCUT2D eigenvalue weighted by Crippen LogP contribution is 2.15. The minimum absolute atomic E-state index is 0.0501. The van der Waals surface area contributed by atoms with Crippen molar-refractivity contribution in [3.05, 3.63) is 35.9 Å². The van der Waals surface area contributed by atoms with E-state index in [1.807, 2.05) is 40.1 Å². The lowest BCUT2D eigenvalue weighted by molar-refractivity contribution is 0.0705. The number of piperidine rings is 1. The molecule has 1 N–H and O–H groups in total. The van der Waals surface area contributed by atoms with E-state index in [9.17, 15) is 9.59 Å². The second kappa shape index (κ2) is 6.16. The maximum absolute atomic E-state index is 12.3. The molecule has 21 heavy (non-hydrogen) atoms. The van der Waals surface area contributed by atoms with Gasteiger partial charge in [0.15, 0.2) is 0 Å². The predicted octanol–water partition coefficient (Wildman–Crippen LogP) is 1.71. The Labute approximate surface area is 124 Å². The topological polar surface area (TPSA) is 52.7 Å². The molecule has 2 saturated heterocycles. The first kappa shape index (κ1) is 13.9. The molecule has 0 saturated carbocycles. The lowest BCUT2D eigenvalue weighted by Gasteiger charge is -2.36. The fourth-order valence-corrected chi connectivity index (χ4v) is 2.78. The van der Waals surface area contributed by atoms with E-state index < -0.39 is 0 Å². The quantitative estimate of drug-likeness (QED) is 0.900. The summed E-state index contributed by atoms with van der Waals surface area (Å²) in [6.45, 7) is 3.16. The molecule has 5 nitrogen and oxygen atoms in total. The van der Waals surface area contributed by atoms with Gasteiger partial charge < -0.3 is 15.1 Å². The van der Waals surface area contributed by atoms with E-state index >= 15 is 0 Å². The summed E-state index contributed by atoms with van der Waals surface area (Å²) in [5.74, 6) is 0.0862. The van der Waals surface area contributed by atoms with E-state index in [-0.39, 0.29) is 18.0 Å². The molecule has 0 radical (unpaired) electrons. The van der Waals surface area contributed by atoms with Crippen molar-refractivity contribution in [3.63, 3.8) is 0 Å². The number of carbonyl (C=O) groups is 2. The van der Waals surface area contributed by atoms with Gasteiger partial charge in [-0.1, -0.05) is 18.2 Å². The third-order valence-corrected chi connectivity index (χ3v) is 4.27. The zero-order chi connectivity index (χ0) is 14.7. The van der Waals surface area contributed by atoms with Crippen molar-refractivity contribution in [1.82, 2.24) is 15.1 Å². The number of hydrogen-bond acceptors (Lipinski definition) is 2. The summed E-state index contributed by atoms with van der Waals surface area (Å²) in [6.07, 6.45) is 2.77. The average molecular weight is 287 g/mol. The van der Waals surface area contributed by atoms with E-state index in [0.29, 0.717) is 13.1 Å². The molecule has 2 fully saturated rings. The van der Waals surface area contributed by atoms with Crippen LogP contribution in [-0.4, -0.2) is 54.0 Å². The van der Waals surface area contributed by atoms with Gasteiger partial charge in [0.1, 0.15) is 0 Å². The van der Waals surface area contributed by atoms with Crippen LogP contribution in [0.3, 0.4) is 0 Å². The molecule has 112 valence electrons. The van der Waals surface area contributed by atoms with Crippen molar-refractivity contribution in [3.8, 4) is 0 Å². The molecule has 0 aromatic heterocycles. The van der Waals surface area contributed by atoms with Gasteiger partial charge in [-0.3, -0.25) is 4.79 Å². The predicted molar refractivity (Wildman–Crippen MR) is 80.1 cm³/mol. The van der Waals surface area contributed by atoms with Crippen molar-refractivity contribution in [1.29, 1.82) is 0 Å². The van der Waals surface area contributed by atoms with E-state index in [1.165, 1.54) is 0 Å².